The van der Waals surface area contributed by atoms with Crippen molar-refractivity contribution in [1.82, 2.24) is 0 Å². The molecule has 4 rings (SSSR count). The van der Waals surface area contributed by atoms with E-state index < -0.39 is 11.9 Å². The summed E-state index contributed by atoms with van der Waals surface area (Å²) in [5, 5.41) is 10.5. The summed E-state index contributed by atoms with van der Waals surface area (Å²) in [4.78, 5) is 23.0. The molecule has 0 amide bonds. The fraction of sp³-hybridized carbons (Fsp3) is 0.636. The highest BCUT2D eigenvalue weighted by molar-refractivity contribution is 5.92. The van der Waals surface area contributed by atoms with Gasteiger partial charge in [-0.3, -0.25) is 9.59 Å². The van der Waals surface area contributed by atoms with Crippen LogP contribution in [-0.2, 0) is 20.7 Å². The van der Waals surface area contributed by atoms with Crippen LogP contribution in [0.25, 0.3) is 0 Å². The molecule has 0 unspecified atom stereocenters. The molecule has 1 aromatic rings. The summed E-state index contributed by atoms with van der Waals surface area (Å²) in [6.07, 6.45) is 5.84. The van der Waals surface area contributed by atoms with E-state index in [2.05, 4.69) is 17.7 Å². The molecule has 1 aromatic carbocycles. The van der Waals surface area contributed by atoms with Gasteiger partial charge in [0.1, 0.15) is 12.2 Å². The van der Waals surface area contributed by atoms with Crippen LogP contribution >= 0.6 is 0 Å². The van der Waals surface area contributed by atoms with Gasteiger partial charge in [0.15, 0.2) is 0 Å². The molecule has 27 heavy (non-hydrogen) atoms. The monoisotopic (exact) mass is 372 g/mol. The Hall–Kier alpha value is -1.88. The number of rotatable bonds is 3. The number of aliphatic hydroxyl groups is 1. The highest BCUT2D eigenvalue weighted by atomic mass is 16.5. The van der Waals surface area contributed by atoms with Gasteiger partial charge in [0, 0.05) is 0 Å². The lowest BCUT2D eigenvalue weighted by Gasteiger charge is -2.50. The molecule has 3 aliphatic rings. The summed E-state index contributed by atoms with van der Waals surface area (Å²) in [5.41, 5.74) is 2.71. The molecule has 5 heteroatoms. The summed E-state index contributed by atoms with van der Waals surface area (Å²) < 4.78 is 9.82. The van der Waals surface area contributed by atoms with E-state index in [4.69, 9.17) is 4.74 Å². The van der Waals surface area contributed by atoms with Crippen molar-refractivity contribution >= 4 is 11.9 Å². The number of benzene rings is 1. The zero-order chi connectivity index (χ0) is 19.2. The Balaban J connectivity index is 1.51. The van der Waals surface area contributed by atoms with Crippen LogP contribution in [0.1, 0.15) is 62.5 Å². The summed E-state index contributed by atoms with van der Waals surface area (Å²) >= 11 is 0. The number of ether oxygens (including phenoxy) is 2. The predicted molar refractivity (Wildman–Crippen MR) is 99.3 cm³/mol. The van der Waals surface area contributed by atoms with Gasteiger partial charge in [0.2, 0.25) is 0 Å². The molecule has 0 heterocycles. The standard InChI is InChI=1S/C22H28O5/c1-22-10-9-16-15-6-4-14(27-21(25)12-20(24)26-2)11-13(15)3-5-17(16)18(22)7-8-19(22)23/h4,6,11,16-19,23H,3,5,7-10,12H2,1-2H3/t16-,17-,18+,19+,22+/m1/s1. The molecule has 0 radical (unpaired) electrons. The van der Waals surface area contributed by atoms with Crippen molar-refractivity contribution in [3.8, 4) is 5.75 Å². The van der Waals surface area contributed by atoms with Crippen LogP contribution in [0, 0.1) is 17.3 Å². The van der Waals surface area contributed by atoms with Crippen LogP contribution in [0.2, 0.25) is 0 Å². The second-order valence-corrected chi connectivity index (χ2v) is 8.64. The van der Waals surface area contributed by atoms with Crippen molar-refractivity contribution in [3.05, 3.63) is 29.3 Å². The number of esters is 2. The van der Waals surface area contributed by atoms with Crippen molar-refractivity contribution in [2.45, 2.75) is 63.9 Å². The van der Waals surface area contributed by atoms with Gasteiger partial charge in [-0.2, -0.15) is 0 Å². The van der Waals surface area contributed by atoms with Gasteiger partial charge in [-0.1, -0.05) is 13.0 Å². The number of methoxy groups -OCH3 is 1. The number of aryl methyl sites for hydroxylation is 1. The highest BCUT2D eigenvalue weighted by Crippen LogP contribution is 2.60. The Labute approximate surface area is 160 Å². The van der Waals surface area contributed by atoms with E-state index in [-0.39, 0.29) is 17.9 Å². The van der Waals surface area contributed by atoms with Crippen molar-refractivity contribution in [2.24, 2.45) is 17.3 Å². The van der Waals surface area contributed by atoms with E-state index >= 15 is 0 Å². The van der Waals surface area contributed by atoms with Crippen LogP contribution in [0.15, 0.2) is 18.2 Å². The number of carbonyl (C=O) groups excluding carboxylic acids is 2. The Morgan fingerprint density at radius 3 is 2.78 bits per heavy atom. The molecule has 2 saturated carbocycles. The van der Waals surface area contributed by atoms with Gasteiger partial charge in [0.05, 0.1) is 13.2 Å². The average molecular weight is 372 g/mol. The average Bonchev–Trinajstić information content (AvgIpc) is 2.96. The lowest BCUT2D eigenvalue weighted by Crippen LogP contribution is -2.43. The first-order valence-electron chi connectivity index (χ1n) is 10.0. The lowest BCUT2D eigenvalue weighted by atomic mass is 9.55. The minimum absolute atomic E-state index is 0.0853. The van der Waals surface area contributed by atoms with Crippen LogP contribution in [0.3, 0.4) is 0 Å². The number of hydrogen-bond donors (Lipinski definition) is 1. The molecular formula is C22H28O5. The molecule has 2 fully saturated rings. The summed E-state index contributed by atoms with van der Waals surface area (Å²) in [5.74, 6) is 1.10. The van der Waals surface area contributed by atoms with E-state index in [1.54, 1.807) is 0 Å². The molecule has 146 valence electrons. The first kappa shape index (κ1) is 18.5. The minimum Gasteiger partial charge on any atom is -0.469 e. The number of fused-ring (bicyclic) bond motifs is 5. The molecule has 0 saturated heterocycles. The summed E-state index contributed by atoms with van der Waals surface area (Å²) in [7, 11) is 1.25. The second kappa shape index (κ2) is 6.93. The fourth-order valence-electron chi connectivity index (χ4n) is 5.95. The van der Waals surface area contributed by atoms with Gasteiger partial charge in [0.25, 0.3) is 0 Å². The maximum absolute atomic E-state index is 11.8. The molecule has 5 nitrogen and oxygen atoms in total. The van der Waals surface area contributed by atoms with Gasteiger partial charge in [-0.05, 0) is 85.0 Å². The van der Waals surface area contributed by atoms with Crippen LogP contribution in [0.4, 0.5) is 0 Å². The Bertz CT molecular complexity index is 757. The van der Waals surface area contributed by atoms with Crippen LogP contribution < -0.4 is 4.74 Å². The highest BCUT2D eigenvalue weighted by Gasteiger charge is 2.54. The minimum atomic E-state index is -0.594. The SMILES string of the molecule is COC(=O)CC(=O)Oc1ccc2c(c1)CC[C@@H]1[C@@H]2CC[C@]2(C)[C@@H](O)CC[C@@H]12. The normalized spacial score (nSPS) is 34.2. The zero-order valence-corrected chi connectivity index (χ0v) is 16.1. The second-order valence-electron chi connectivity index (χ2n) is 8.64. The van der Waals surface area contributed by atoms with Crippen molar-refractivity contribution in [3.63, 3.8) is 0 Å². The van der Waals surface area contributed by atoms with Crippen molar-refractivity contribution < 1.29 is 24.2 Å². The van der Waals surface area contributed by atoms with Gasteiger partial charge in [-0.15, -0.1) is 0 Å². The van der Waals surface area contributed by atoms with E-state index in [0.717, 1.165) is 38.5 Å². The predicted octanol–water partition coefficient (Wildman–Crippen LogP) is 3.37. The molecule has 1 N–H and O–H groups in total. The Kier molecular flexibility index (Phi) is 4.75. The third kappa shape index (κ3) is 3.16. The van der Waals surface area contributed by atoms with E-state index in [9.17, 15) is 14.7 Å². The summed E-state index contributed by atoms with van der Waals surface area (Å²) in [6, 6.07) is 5.90. The molecule has 0 spiro atoms. The van der Waals surface area contributed by atoms with Gasteiger partial charge in [-0.25, -0.2) is 0 Å². The maximum atomic E-state index is 11.8. The van der Waals surface area contributed by atoms with Crippen molar-refractivity contribution in [2.75, 3.05) is 7.11 Å². The fourth-order valence-corrected chi connectivity index (χ4v) is 5.95. The molecule has 3 aliphatic carbocycles. The topological polar surface area (TPSA) is 72.8 Å². The lowest BCUT2D eigenvalue weighted by molar-refractivity contribution is -0.148. The Morgan fingerprint density at radius 2 is 2.00 bits per heavy atom. The zero-order valence-electron chi connectivity index (χ0n) is 16.1. The van der Waals surface area contributed by atoms with E-state index in [1.807, 2.05) is 12.1 Å². The van der Waals surface area contributed by atoms with Crippen molar-refractivity contribution in [1.29, 1.82) is 0 Å². The quantitative estimate of drug-likeness (QED) is 0.500. The van der Waals surface area contributed by atoms with Gasteiger partial charge >= 0.3 is 11.9 Å². The Morgan fingerprint density at radius 1 is 1.19 bits per heavy atom. The third-order valence-electron chi connectivity index (χ3n) is 7.40. The largest absolute Gasteiger partial charge is 0.469 e. The molecule has 0 bridgehead atoms. The van der Waals surface area contributed by atoms with Crippen LogP contribution in [0.5, 0.6) is 5.75 Å². The first-order valence-corrected chi connectivity index (χ1v) is 10.0. The van der Waals surface area contributed by atoms with Gasteiger partial charge < -0.3 is 14.6 Å². The maximum Gasteiger partial charge on any atom is 0.322 e. The number of carbonyl (C=O) groups is 2. The molecular weight excluding hydrogens is 344 g/mol. The smallest absolute Gasteiger partial charge is 0.322 e. The van der Waals surface area contributed by atoms with Crippen LogP contribution in [-0.4, -0.2) is 30.3 Å². The molecule has 5 atom stereocenters. The van der Waals surface area contributed by atoms with E-state index in [1.165, 1.54) is 18.2 Å². The number of aliphatic hydroxyl groups excluding tert-OH is 1. The molecule has 0 aliphatic heterocycles. The third-order valence-corrected chi connectivity index (χ3v) is 7.40. The first-order chi connectivity index (χ1) is 12.9. The molecule has 0 aromatic heterocycles. The number of hydrogen-bond acceptors (Lipinski definition) is 5. The van der Waals surface area contributed by atoms with E-state index in [0.29, 0.717) is 23.5 Å². The summed E-state index contributed by atoms with van der Waals surface area (Å²) in [6.45, 7) is 2.28.